The van der Waals surface area contributed by atoms with Gasteiger partial charge in [0.1, 0.15) is 0 Å². The van der Waals surface area contributed by atoms with Crippen LogP contribution in [0.4, 0.5) is 0 Å². The van der Waals surface area contributed by atoms with Gasteiger partial charge in [0, 0.05) is 37.9 Å². The lowest BCUT2D eigenvalue weighted by Gasteiger charge is -2.28. The van der Waals surface area contributed by atoms with Crippen LogP contribution in [0.15, 0.2) is 48.7 Å². The van der Waals surface area contributed by atoms with Crippen molar-refractivity contribution in [1.82, 2.24) is 14.4 Å². The van der Waals surface area contributed by atoms with E-state index in [1.807, 2.05) is 29.2 Å². The highest BCUT2D eigenvalue weighted by molar-refractivity contribution is 5.84. The van der Waals surface area contributed by atoms with Gasteiger partial charge in [-0.2, -0.15) is 0 Å². The van der Waals surface area contributed by atoms with Gasteiger partial charge in [-0.1, -0.05) is 44.2 Å². The third-order valence-corrected chi connectivity index (χ3v) is 5.12. The summed E-state index contributed by atoms with van der Waals surface area (Å²) in [6, 6.07) is 14.8. The van der Waals surface area contributed by atoms with Crippen molar-refractivity contribution < 1.29 is 9.59 Å². The van der Waals surface area contributed by atoms with Gasteiger partial charge in [-0.15, -0.1) is 0 Å². The minimum Gasteiger partial charge on any atom is -0.345 e. The van der Waals surface area contributed by atoms with Gasteiger partial charge in [0.2, 0.25) is 11.8 Å². The summed E-state index contributed by atoms with van der Waals surface area (Å²) < 4.78 is 2.20. The van der Waals surface area contributed by atoms with E-state index in [0.717, 1.165) is 25.1 Å². The van der Waals surface area contributed by atoms with E-state index in [1.54, 1.807) is 11.8 Å². The van der Waals surface area contributed by atoms with E-state index in [2.05, 4.69) is 42.8 Å². The van der Waals surface area contributed by atoms with Crippen LogP contribution < -0.4 is 0 Å². The van der Waals surface area contributed by atoms with Crippen molar-refractivity contribution in [2.24, 2.45) is 5.92 Å². The second-order valence-electron chi connectivity index (χ2n) is 8.16. The van der Waals surface area contributed by atoms with E-state index in [-0.39, 0.29) is 18.4 Å². The van der Waals surface area contributed by atoms with Gasteiger partial charge >= 0.3 is 0 Å². The Morgan fingerprint density at radius 1 is 1.11 bits per heavy atom. The molecule has 1 aromatic heterocycles. The van der Waals surface area contributed by atoms with Crippen molar-refractivity contribution in [1.29, 1.82) is 0 Å². The maximum atomic E-state index is 13.0. The lowest BCUT2D eigenvalue weighted by Crippen LogP contribution is -2.44. The normalized spacial score (nSPS) is 13.6. The summed E-state index contributed by atoms with van der Waals surface area (Å²) in [4.78, 5) is 28.6. The fourth-order valence-electron chi connectivity index (χ4n) is 3.51. The second kappa shape index (κ2) is 9.09. The molecule has 150 valence electrons. The molecule has 1 saturated carbocycles. The molecule has 0 bridgehead atoms. The van der Waals surface area contributed by atoms with Crippen LogP contribution >= 0.6 is 0 Å². The average Bonchev–Trinajstić information content (AvgIpc) is 3.40. The summed E-state index contributed by atoms with van der Waals surface area (Å²) in [7, 11) is 0. The molecule has 0 spiro atoms. The Morgan fingerprint density at radius 2 is 1.82 bits per heavy atom. The predicted molar refractivity (Wildman–Crippen MR) is 111 cm³/mol. The van der Waals surface area contributed by atoms with Crippen LogP contribution in [-0.2, 0) is 22.7 Å². The molecule has 0 N–H and O–H groups in total. The molecule has 1 aromatic carbocycles. The molecule has 1 aliphatic carbocycles. The van der Waals surface area contributed by atoms with Gasteiger partial charge in [-0.25, -0.2) is 0 Å². The number of nitrogens with zero attached hydrogens (tertiary/aromatic N) is 3. The van der Waals surface area contributed by atoms with E-state index in [4.69, 9.17) is 0 Å². The Kier molecular flexibility index (Phi) is 6.55. The number of amides is 2. The molecule has 0 saturated heterocycles. The monoisotopic (exact) mass is 381 g/mol. The Hall–Kier alpha value is -2.56. The first kappa shape index (κ1) is 20.2. The van der Waals surface area contributed by atoms with Crippen LogP contribution in [0.1, 0.15) is 44.9 Å². The van der Waals surface area contributed by atoms with E-state index >= 15 is 0 Å². The number of carbonyl (C=O) groups is 2. The maximum absolute atomic E-state index is 13.0. The molecule has 0 atom stereocenters. The van der Waals surface area contributed by atoms with Gasteiger partial charge in [0.05, 0.1) is 13.1 Å². The largest absolute Gasteiger partial charge is 0.345 e. The maximum Gasteiger partial charge on any atom is 0.242 e. The lowest BCUT2D eigenvalue weighted by molar-refractivity contribution is -0.140. The van der Waals surface area contributed by atoms with E-state index in [9.17, 15) is 9.59 Å². The molecular formula is C23H31N3O2. The van der Waals surface area contributed by atoms with Crippen molar-refractivity contribution in [3.8, 4) is 0 Å². The van der Waals surface area contributed by atoms with Crippen molar-refractivity contribution in [3.05, 3.63) is 59.9 Å². The van der Waals surface area contributed by atoms with Crippen molar-refractivity contribution in [3.63, 3.8) is 0 Å². The highest BCUT2D eigenvalue weighted by Gasteiger charge is 2.34. The zero-order valence-corrected chi connectivity index (χ0v) is 17.2. The zero-order valence-electron chi connectivity index (χ0n) is 17.2. The van der Waals surface area contributed by atoms with Crippen molar-refractivity contribution in [2.45, 2.75) is 52.7 Å². The Morgan fingerprint density at radius 3 is 2.43 bits per heavy atom. The van der Waals surface area contributed by atoms with E-state index in [0.29, 0.717) is 25.0 Å². The van der Waals surface area contributed by atoms with Gasteiger partial charge in [-0.3, -0.25) is 9.59 Å². The van der Waals surface area contributed by atoms with Crippen LogP contribution in [0.3, 0.4) is 0 Å². The molecule has 3 rings (SSSR count). The highest BCUT2D eigenvalue weighted by atomic mass is 16.2. The van der Waals surface area contributed by atoms with Crippen molar-refractivity contribution >= 4 is 11.8 Å². The summed E-state index contributed by atoms with van der Waals surface area (Å²) in [5, 5.41) is 0. The van der Waals surface area contributed by atoms with Gasteiger partial charge in [-0.05, 0) is 36.5 Å². The second-order valence-corrected chi connectivity index (χ2v) is 8.16. The number of aromatic nitrogens is 1. The quantitative estimate of drug-likeness (QED) is 0.667. The van der Waals surface area contributed by atoms with Gasteiger partial charge < -0.3 is 14.4 Å². The molecule has 2 amide bonds. The fraction of sp³-hybridized carbons (Fsp3) is 0.478. The first-order valence-corrected chi connectivity index (χ1v) is 10.2. The van der Waals surface area contributed by atoms with Gasteiger partial charge in [0.15, 0.2) is 0 Å². The van der Waals surface area contributed by atoms with Crippen LogP contribution in [0.2, 0.25) is 0 Å². The predicted octanol–water partition coefficient (Wildman–Crippen LogP) is 3.53. The van der Waals surface area contributed by atoms with Gasteiger partial charge in [0.25, 0.3) is 0 Å². The summed E-state index contributed by atoms with van der Waals surface area (Å²) in [6.45, 7) is 7.85. The summed E-state index contributed by atoms with van der Waals surface area (Å²) >= 11 is 0. The van der Waals surface area contributed by atoms with Crippen molar-refractivity contribution in [2.75, 3.05) is 13.1 Å². The molecular weight excluding hydrogens is 350 g/mol. The molecule has 1 aliphatic rings. The number of hydrogen-bond acceptors (Lipinski definition) is 2. The standard InChI is InChI=1S/C23H31N3O2/c1-18(2)14-25(19(3)27)17-23(28)26(21-11-12-21)16-22-10-7-13-24(22)15-20-8-5-4-6-9-20/h4-10,13,18,21H,11-12,14-17H2,1-3H3. The molecule has 1 heterocycles. The topological polar surface area (TPSA) is 45.6 Å². The Labute approximate surface area is 167 Å². The molecule has 5 nitrogen and oxygen atoms in total. The highest BCUT2D eigenvalue weighted by Crippen LogP contribution is 2.29. The Bertz CT molecular complexity index is 793. The number of benzene rings is 1. The van der Waals surface area contributed by atoms with Crippen LogP contribution in [0.25, 0.3) is 0 Å². The lowest BCUT2D eigenvalue weighted by atomic mass is 10.2. The number of carbonyl (C=O) groups excluding carboxylic acids is 2. The van der Waals surface area contributed by atoms with Crippen LogP contribution in [-0.4, -0.2) is 45.3 Å². The molecule has 28 heavy (non-hydrogen) atoms. The molecule has 0 unspecified atom stereocenters. The molecule has 2 aromatic rings. The molecule has 0 aliphatic heterocycles. The van der Waals surface area contributed by atoms with Crippen LogP contribution in [0.5, 0.6) is 0 Å². The van der Waals surface area contributed by atoms with Crippen LogP contribution in [0, 0.1) is 5.92 Å². The molecule has 0 radical (unpaired) electrons. The first-order valence-electron chi connectivity index (χ1n) is 10.2. The van der Waals surface area contributed by atoms with E-state index in [1.165, 1.54) is 5.56 Å². The third-order valence-electron chi connectivity index (χ3n) is 5.12. The molecule has 1 fully saturated rings. The zero-order chi connectivity index (χ0) is 20.1. The number of rotatable bonds is 9. The smallest absolute Gasteiger partial charge is 0.242 e. The third kappa shape index (κ3) is 5.47. The summed E-state index contributed by atoms with van der Waals surface area (Å²) in [5.41, 5.74) is 2.37. The summed E-state index contributed by atoms with van der Waals surface area (Å²) in [5.74, 6) is 0.352. The first-order chi connectivity index (χ1) is 13.4. The van der Waals surface area contributed by atoms with E-state index < -0.39 is 0 Å². The molecule has 5 heteroatoms. The number of hydrogen-bond donors (Lipinski definition) is 0. The SMILES string of the molecule is CC(=O)N(CC(=O)N(Cc1cccn1Cc1ccccc1)C1CC1)CC(C)C. The minimum absolute atomic E-state index is 0.0368. The fourth-order valence-corrected chi connectivity index (χ4v) is 3.51. The Balaban J connectivity index is 1.69. The summed E-state index contributed by atoms with van der Waals surface area (Å²) in [6.07, 6.45) is 4.17. The minimum atomic E-state index is -0.0368. The average molecular weight is 382 g/mol.